The zero-order valence-corrected chi connectivity index (χ0v) is 23.2. The second-order valence-electron chi connectivity index (χ2n) is 8.99. The third-order valence-electron chi connectivity index (χ3n) is 6.23. The second-order valence-corrected chi connectivity index (χ2v) is 11.0. The number of nitrogens with zero attached hydrogens (tertiary/aromatic N) is 2. The monoisotopic (exact) mass is 576 g/mol. The summed E-state index contributed by atoms with van der Waals surface area (Å²) >= 11 is 0. The summed E-state index contributed by atoms with van der Waals surface area (Å²) in [5.74, 6) is 1.58. The van der Waals surface area contributed by atoms with Crippen LogP contribution in [-0.4, -0.2) is 64.5 Å². The fourth-order valence-electron chi connectivity index (χ4n) is 4.76. The highest BCUT2D eigenvalue weighted by Gasteiger charge is 2.26. The van der Waals surface area contributed by atoms with Gasteiger partial charge in [-0.15, -0.1) is 24.0 Å². The van der Waals surface area contributed by atoms with Crippen molar-refractivity contribution in [3.05, 3.63) is 35.4 Å². The Kier molecular flexibility index (Phi) is 11.9. The van der Waals surface area contributed by atoms with Crippen molar-refractivity contribution in [3.63, 3.8) is 0 Å². The first-order chi connectivity index (χ1) is 15.0. The Morgan fingerprint density at radius 1 is 1.16 bits per heavy atom. The molecule has 6 nitrogen and oxygen atoms in total. The Bertz CT molecular complexity index is 736. The van der Waals surface area contributed by atoms with Gasteiger partial charge in [0.25, 0.3) is 0 Å². The van der Waals surface area contributed by atoms with Gasteiger partial charge in [-0.25, -0.2) is 0 Å². The molecule has 0 bridgehead atoms. The number of hydrogen-bond donors (Lipinski definition) is 2. The van der Waals surface area contributed by atoms with Gasteiger partial charge in [-0.2, -0.15) is 0 Å². The average molecular weight is 577 g/mol. The number of morpholine rings is 1. The largest absolute Gasteiger partial charge is 0.373 e. The summed E-state index contributed by atoms with van der Waals surface area (Å²) in [7, 11) is 1.11. The summed E-state index contributed by atoms with van der Waals surface area (Å²) in [5.41, 5.74) is 2.58. The fraction of sp³-hybridized carbons (Fsp3) is 0.708. The van der Waals surface area contributed by atoms with Gasteiger partial charge in [-0.05, 0) is 44.2 Å². The van der Waals surface area contributed by atoms with Gasteiger partial charge in [-0.1, -0.05) is 37.6 Å². The SMILES string of the molecule is CCS(=O)C1CCCC(NC(=NC)NCc2ccc(CN3CC(C)OC(C)C3)cc2)C1.I. The van der Waals surface area contributed by atoms with Crippen molar-refractivity contribution in [1.82, 2.24) is 15.5 Å². The minimum absolute atomic E-state index is 0. The van der Waals surface area contributed by atoms with E-state index in [-0.39, 0.29) is 24.0 Å². The smallest absolute Gasteiger partial charge is 0.191 e. The standard InChI is InChI=1S/C24H40N4O2S.HI/c1-5-31(29)23-8-6-7-22(13-23)27-24(25-4)26-14-20-9-11-21(12-10-20)17-28-15-18(2)30-19(3)16-28;/h9-12,18-19,22-23H,5-8,13-17H2,1-4H3,(H2,25,26,27);1H. The summed E-state index contributed by atoms with van der Waals surface area (Å²) in [6, 6.07) is 9.20. The number of guanidine groups is 1. The number of hydrogen-bond acceptors (Lipinski definition) is 4. The van der Waals surface area contributed by atoms with Gasteiger partial charge in [0.05, 0.1) is 12.2 Å². The van der Waals surface area contributed by atoms with Crippen LogP contribution in [0, 0.1) is 0 Å². The Labute approximate surface area is 213 Å². The van der Waals surface area contributed by atoms with Crippen molar-refractivity contribution in [2.45, 2.75) is 83.0 Å². The van der Waals surface area contributed by atoms with Gasteiger partial charge < -0.3 is 15.4 Å². The molecule has 32 heavy (non-hydrogen) atoms. The number of nitrogens with one attached hydrogen (secondary N) is 2. The molecule has 2 aliphatic rings. The zero-order chi connectivity index (χ0) is 22.2. The summed E-state index contributed by atoms with van der Waals surface area (Å²) in [5, 5.41) is 7.30. The number of halogens is 1. The first-order valence-electron chi connectivity index (χ1n) is 11.8. The molecule has 1 saturated carbocycles. The van der Waals surface area contributed by atoms with Gasteiger partial charge >= 0.3 is 0 Å². The molecule has 1 aliphatic heterocycles. The van der Waals surface area contributed by atoms with E-state index in [1.54, 1.807) is 0 Å². The summed E-state index contributed by atoms with van der Waals surface area (Å²) in [6.45, 7) is 10.00. The molecule has 5 atom stereocenters. The maximum atomic E-state index is 12.2. The van der Waals surface area contributed by atoms with Crippen LogP contribution in [0.3, 0.4) is 0 Å². The molecule has 5 unspecified atom stereocenters. The van der Waals surface area contributed by atoms with Gasteiger partial charge in [0.15, 0.2) is 5.96 Å². The van der Waals surface area contributed by atoms with Crippen LogP contribution in [0.25, 0.3) is 0 Å². The van der Waals surface area contributed by atoms with Gasteiger partial charge in [0.2, 0.25) is 0 Å². The van der Waals surface area contributed by atoms with E-state index in [4.69, 9.17) is 4.74 Å². The van der Waals surface area contributed by atoms with Crippen molar-refractivity contribution in [3.8, 4) is 0 Å². The lowest BCUT2D eigenvalue weighted by atomic mass is 9.95. The number of ether oxygens (including phenoxy) is 1. The van der Waals surface area contributed by atoms with Crippen molar-refractivity contribution in [2.75, 3.05) is 25.9 Å². The highest BCUT2D eigenvalue weighted by atomic mass is 127. The van der Waals surface area contributed by atoms with Crippen LogP contribution < -0.4 is 10.6 Å². The molecule has 182 valence electrons. The predicted molar refractivity (Wildman–Crippen MR) is 145 cm³/mol. The summed E-state index contributed by atoms with van der Waals surface area (Å²) < 4.78 is 18.0. The van der Waals surface area contributed by atoms with Crippen LogP contribution in [0.5, 0.6) is 0 Å². The number of benzene rings is 1. The summed E-state index contributed by atoms with van der Waals surface area (Å²) in [4.78, 5) is 6.87. The molecule has 0 amide bonds. The Morgan fingerprint density at radius 3 is 2.44 bits per heavy atom. The van der Waals surface area contributed by atoms with Gasteiger partial charge in [0, 0.05) is 61.1 Å². The van der Waals surface area contributed by atoms with E-state index in [2.05, 4.69) is 58.6 Å². The first kappa shape index (κ1) is 27.5. The normalized spacial score (nSPS) is 27.9. The molecule has 0 spiro atoms. The van der Waals surface area contributed by atoms with E-state index in [1.807, 2.05) is 14.0 Å². The fourth-order valence-corrected chi connectivity index (χ4v) is 6.11. The topological polar surface area (TPSA) is 66.0 Å². The molecule has 1 saturated heterocycles. The van der Waals surface area contributed by atoms with E-state index >= 15 is 0 Å². The third kappa shape index (κ3) is 8.57. The molecule has 1 aromatic rings. The zero-order valence-electron chi connectivity index (χ0n) is 20.0. The van der Waals surface area contributed by atoms with Gasteiger partial charge in [-0.3, -0.25) is 14.1 Å². The van der Waals surface area contributed by atoms with Crippen molar-refractivity contribution < 1.29 is 8.95 Å². The minimum Gasteiger partial charge on any atom is -0.373 e. The van der Waals surface area contributed by atoms with Crippen molar-refractivity contribution in [1.29, 1.82) is 0 Å². The minimum atomic E-state index is -0.705. The molecule has 1 heterocycles. The molecule has 2 N–H and O–H groups in total. The van der Waals surface area contributed by atoms with E-state index in [1.165, 1.54) is 11.1 Å². The quantitative estimate of drug-likeness (QED) is 0.295. The van der Waals surface area contributed by atoms with E-state index in [0.29, 0.717) is 23.5 Å². The Morgan fingerprint density at radius 2 is 1.81 bits per heavy atom. The highest BCUT2D eigenvalue weighted by Crippen LogP contribution is 2.23. The molecular weight excluding hydrogens is 535 g/mol. The molecule has 0 aromatic heterocycles. The molecule has 2 fully saturated rings. The van der Waals surface area contributed by atoms with Crippen LogP contribution in [0.15, 0.2) is 29.3 Å². The molecule has 1 aromatic carbocycles. The van der Waals surface area contributed by atoms with E-state index in [0.717, 1.165) is 63.6 Å². The van der Waals surface area contributed by atoms with Crippen LogP contribution >= 0.6 is 24.0 Å². The van der Waals surface area contributed by atoms with Crippen LogP contribution in [0.2, 0.25) is 0 Å². The predicted octanol–water partition coefficient (Wildman–Crippen LogP) is 3.66. The lowest BCUT2D eigenvalue weighted by Crippen LogP contribution is -2.46. The first-order valence-corrected chi connectivity index (χ1v) is 13.1. The molecule has 0 radical (unpaired) electrons. The second kappa shape index (κ2) is 13.9. The molecule has 8 heteroatoms. The van der Waals surface area contributed by atoms with Crippen molar-refractivity contribution >= 4 is 40.7 Å². The van der Waals surface area contributed by atoms with Gasteiger partial charge in [0.1, 0.15) is 0 Å². The van der Waals surface area contributed by atoms with Crippen LogP contribution in [-0.2, 0) is 28.6 Å². The highest BCUT2D eigenvalue weighted by molar-refractivity contribution is 14.0. The average Bonchev–Trinajstić information content (AvgIpc) is 2.76. The Balaban J connectivity index is 0.00000363. The number of rotatable bonds is 7. The third-order valence-corrected chi connectivity index (χ3v) is 7.97. The van der Waals surface area contributed by atoms with E-state index < -0.39 is 10.8 Å². The van der Waals surface area contributed by atoms with Crippen LogP contribution in [0.1, 0.15) is 57.6 Å². The maximum absolute atomic E-state index is 12.2. The Hall–Kier alpha value is -0.710. The number of aliphatic imine (C=N–C) groups is 1. The lowest BCUT2D eigenvalue weighted by molar-refractivity contribution is -0.0704. The van der Waals surface area contributed by atoms with Crippen molar-refractivity contribution in [2.24, 2.45) is 4.99 Å². The lowest BCUT2D eigenvalue weighted by Gasteiger charge is -2.35. The summed E-state index contributed by atoms with van der Waals surface area (Å²) in [6.07, 6.45) is 4.90. The van der Waals surface area contributed by atoms with Crippen LogP contribution in [0.4, 0.5) is 0 Å². The van der Waals surface area contributed by atoms with E-state index in [9.17, 15) is 4.21 Å². The molecule has 1 aliphatic carbocycles. The molecular formula is C24H41IN4O2S. The molecule has 3 rings (SSSR count). The maximum Gasteiger partial charge on any atom is 0.191 e.